The van der Waals surface area contributed by atoms with Gasteiger partial charge in [-0.05, 0) is 12.8 Å². The fraction of sp³-hybridized carbons (Fsp3) is 0.750. The van der Waals surface area contributed by atoms with Crippen LogP contribution in [0.25, 0.3) is 0 Å². The van der Waals surface area contributed by atoms with Gasteiger partial charge in [0.05, 0.1) is 12.9 Å². The minimum absolute atomic E-state index is 0.0421. The van der Waals surface area contributed by atoms with Gasteiger partial charge >= 0.3 is 0 Å². The number of carbonyl (C=O) groups is 1. The molecular weight excluding hydrogens is 190 g/mol. The van der Waals surface area contributed by atoms with E-state index in [4.69, 9.17) is 10.5 Å². The number of nitrogens with two attached hydrogens (primary N) is 1. The summed E-state index contributed by atoms with van der Waals surface area (Å²) < 4.78 is 5.11. The van der Waals surface area contributed by atoms with Gasteiger partial charge in [0.25, 0.3) is 0 Å². The Labute approximate surface area is 90.7 Å². The van der Waals surface area contributed by atoms with Gasteiger partial charge in [-0.15, -0.1) is 0 Å². The standard InChI is InChI=1S/C12H19NO2/c13-11-5-3-1-2-4-10(11)12(14)9-6-7-15-8-9/h8,10-11H,1-7,13H2. The molecule has 0 saturated heterocycles. The van der Waals surface area contributed by atoms with Crippen LogP contribution in [0, 0.1) is 5.92 Å². The van der Waals surface area contributed by atoms with E-state index in [0.717, 1.165) is 31.3 Å². The predicted molar refractivity (Wildman–Crippen MR) is 58.2 cm³/mol. The first-order valence-corrected chi connectivity index (χ1v) is 5.89. The fourth-order valence-electron chi connectivity index (χ4n) is 2.47. The van der Waals surface area contributed by atoms with Gasteiger partial charge in [0.2, 0.25) is 0 Å². The molecule has 2 atom stereocenters. The number of hydrogen-bond donors (Lipinski definition) is 1. The quantitative estimate of drug-likeness (QED) is 0.705. The van der Waals surface area contributed by atoms with Crippen LogP contribution in [0.3, 0.4) is 0 Å². The maximum atomic E-state index is 12.1. The van der Waals surface area contributed by atoms with Crippen molar-refractivity contribution >= 4 is 5.78 Å². The van der Waals surface area contributed by atoms with Gasteiger partial charge in [-0.25, -0.2) is 0 Å². The first-order valence-electron chi connectivity index (χ1n) is 5.89. The molecule has 3 nitrogen and oxygen atoms in total. The number of carbonyl (C=O) groups excluding carboxylic acids is 1. The van der Waals surface area contributed by atoms with E-state index in [9.17, 15) is 4.79 Å². The Morgan fingerprint density at radius 2 is 2.13 bits per heavy atom. The predicted octanol–water partition coefficient (Wildman–Crippen LogP) is 1.77. The third kappa shape index (κ3) is 2.40. The molecule has 1 saturated carbocycles. The summed E-state index contributed by atoms with van der Waals surface area (Å²) in [6.45, 7) is 0.656. The van der Waals surface area contributed by atoms with Crippen molar-refractivity contribution in [3.63, 3.8) is 0 Å². The maximum absolute atomic E-state index is 12.1. The molecule has 0 aromatic rings. The van der Waals surface area contributed by atoms with Gasteiger partial charge in [-0.1, -0.05) is 19.3 Å². The average molecular weight is 209 g/mol. The molecule has 0 radical (unpaired) electrons. The van der Waals surface area contributed by atoms with Gasteiger partial charge in [0.15, 0.2) is 5.78 Å². The van der Waals surface area contributed by atoms with Crippen molar-refractivity contribution in [1.82, 2.24) is 0 Å². The summed E-state index contributed by atoms with van der Waals surface area (Å²) in [6.07, 6.45) is 7.86. The van der Waals surface area contributed by atoms with Gasteiger partial charge in [0, 0.05) is 24.0 Å². The Morgan fingerprint density at radius 3 is 2.87 bits per heavy atom. The number of ether oxygens (including phenoxy) is 1. The Bertz CT molecular complexity index is 273. The third-order valence-electron chi connectivity index (χ3n) is 3.44. The molecule has 2 N–H and O–H groups in total. The topological polar surface area (TPSA) is 52.3 Å². The van der Waals surface area contributed by atoms with Crippen LogP contribution in [-0.4, -0.2) is 18.4 Å². The molecule has 2 aliphatic rings. The van der Waals surface area contributed by atoms with Crippen molar-refractivity contribution in [2.75, 3.05) is 6.61 Å². The van der Waals surface area contributed by atoms with Crippen LogP contribution in [0.5, 0.6) is 0 Å². The Hall–Kier alpha value is -0.830. The average Bonchev–Trinajstić information content (AvgIpc) is 2.68. The molecule has 0 aromatic carbocycles. The van der Waals surface area contributed by atoms with E-state index < -0.39 is 0 Å². The number of rotatable bonds is 2. The summed E-state index contributed by atoms with van der Waals surface area (Å²) in [5.41, 5.74) is 6.90. The Kier molecular flexibility index (Phi) is 3.41. The van der Waals surface area contributed by atoms with Crippen molar-refractivity contribution in [3.05, 3.63) is 11.8 Å². The molecule has 1 fully saturated rings. The van der Waals surface area contributed by atoms with Gasteiger partial charge < -0.3 is 10.5 Å². The fourth-order valence-corrected chi connectivity index (χ4v) is 2.47. The summed E-state index contributed by atoms with van der Waals surface area (Å²) in [4.78, 5) is 12.1. The van der Waals surface area contributed by atoms with E-state index >= 15 is 0 Å². The highest BCUT2D eigenvalue weighted by Gasteiger charge is 2.30. The molecule has 1 aliphatic carbocycles. The smallest absolute Gasteiger partial charge is 0.166 e. The summed E-state index contributed by atoms with van der Waals surface area (Å²) in [5, 5.41) is 0. The van der Waals surface area contributed by atoms with Gasteiger partial charge in [0.1, 0.15) is 0 Å². The van der Waals surface area contributed by atoms with Crippen molar-refractivity contribution in [2.24, 2.45) is 11.7 Å². The number of ketones is 1. The SMILES string of the molecule is NC1CCCCCC1C(=O)C1=COCC1. The normalized spacial score (nSPS) is 31.7. The monoisotopic (exact) mass is 209 g/mol. The lowest BCUT2D eigenvalue weighted by molar-refractivity contribution is -0.120. The Morgan fingerprint density at radius 1 is 1.33 bits per heavy atom. The van der Waals surface area contributed by atoms with Crippen LogP contribution in [0.1, 0.15) is 38.5 Å². The van der Waals surface area contributed by atoms with Crippen LogP contribution in [0.2, 0.25) is 0 Å². The van der Waals surface area contributed by atoms with E-state index in [2.05, 4.69) is 0 Å². The van der Waals surface area contributed by atoms with Crippen molar-refractivity contribution in [3.8, 4) is 0 Å². The third-order valence-corrected chi connectivity index (χ3v) is 3.44. The maximum Gasteiger partial charge on any atom is 0.166 e. The molecule has 1 aliphatic heterocycles. The highest BCUT2D eigenvalue weighted by atomic mass is 16.5. The van der Waals surface area contributed by atoms with E-state index in [-0.39, 0.29) is 17.7 Å². The molecule has 0 aromatic heterocycles. The second-order valence-electron chi connectivity index (χ2n) is 4.54. The van der Waals surface area contributed by atoms with E-state index in [1.165, 1.54) is 12.8 Å². The molecular formula is C12H19NO2. The lowest BCUT2D eigenvalue weighted by Crippen LogP contribution is -2.35. The van der Waals surface area contributed by atoms with Gasteiger partial charge in [-0.3, -0.25) is 4.79 Å². The first kappa shape index (κ1) is 10.7. The van der Waals surface area contributed by atoms with Crippen LogP contribution >= 0.6 is 0 Å². The second-order valence-corrected chi connectivity index (χ2v) is 4.54. The Balaban J connectivity index is 2.03. The highest BCUT2D eigenvalue weighted by molar-refractivity contribution is 5.97. The zero-order valence-corrected chi connectivity index (χ0v) is 9.08. The molecule has 2 rings (SSSR count). The van der Waals surface area contributed by atoms with Crippen LogP contribution in [-0.2, 0) is 9.53 Å². The molecule has 0 bridgehead atoms. The van der Waals surface area contributed by atoms with E-state index in [1.807, 2.05) is 0 Å². The molecule has 1 heterocycles. The lowest BCUT2D eigenvalue weighted by atomic mass is 9.87. The molecule has 2 unspecified atom stereocenters. The molecule has 3 heteroatoms. The highest BCUT2D eigenvalue weighted by Crippen LogP contribution is 2.27. The zero-order chi connectivity index (χ0) is 10.7. The number of Topliss-reactive ketones (excluding diaryl/α,β-unsaturated/α-hetero) is 1. The molecule has 0 amide bonds. The minimum atomic E-state index is 0.0421. The second kappa shape index (κ2) is 4.79. The van der Waals surface area contributed by atoms with Crippen molar-refractivity contribution in [1.29, 1.82) is 0 Å². The van der Waals surface area contributed by atoms with E-state index in [1.54, 1.807) is 6.26 Å². The molecule has 15 heavy (non-hydrogen) atoms. The van der Waals surface area contributed by atoms with Crippen LogP contribution in [0.15, 0.2) is 11.8 Å². The summed E-state index contributed by atoms with van der Waals surface area (Å²) in [7, 11) is 0. The van der Waals surface area contributed by atoms with Crippen molar-refractivity contribution in [2.45, 2.75) is 44.6 Å². The van der Waals surface area contributed by atoms with Gasteiger partial charge in [-0.2, -0.15) is 0 Å². The minimum Gasteiger partial charge on any atom is -0.500 e. The van der Waals surface area contributed by atoms with Crippen LogP contribution < -0.4 is 5.73 Å². The zero-order valence-electron chi connectivity index (χ0n) is 9.08. The summed E-state index contributed by atoms with van der Waals surface area (Å²) in [5.74, 6) is 0.280. The summed E-state index contributed by atoms with van der Waals surface area (Å²) in [6, 6.07) is 0.0569. The van der Waals surface area contributed by atoms with E-state index in [0.29, 0.717) is 6.61 Å². The molecule has 0 spiro atoms. The lowest BCUT2D eigenvalue weighted by Gasteiger charge is -2.19. The number of hydrogen-bond acceptors (Lipinski definition) is 3. The van der Waals surface area contributed by atoms with Crippen molar-refractivity contribution < 1.29 is 9.53 Å². The van der Waals surface area contributed by atoms with Crippen LogP contribution in [0.4, 0.5) is 0 Å². The molecule has 84 valence electrons. The summed E-state index contributed by atoms with van der Waals surface area (Å²) >= 11 is 0. The first-order chi connectivity index (χ1) is 7.29. The largest absolute Gasteiger partial charge is 0.500 e.